The van der Waals surface area contributed by atoms with Crippen molar-refractivity contribution in [2.24, 2.45) is 0 Å². The predicted octanol–water partition coefficient (Wildman–Crippen LogP) is -0.106. The lowest BCUT2D eigenvalue weighted by molar-refractivity contribution is -0.248. The van der Waals surface area contributed by atoms with Crippen LogP contribution in [-0.4, -0.2) is 59.1 Å². The number of ether oxygens (including phenoxy) is 4. The van der Waals surface area contributed by atoms with Crippen molar-refractivity contribution in [3.8, 4) is 0 Å². The van der Waals surface area contributed by atoms with Crippen molar-refractivity contribution in [3.05, 3.63) is 0 Å². The Morgan fingerprint density at radius 3 is 2.05 bits per heavy atom. The summed E-state index contributed by atoms with van der Waals surface area (Å²) in [6, 6.07) is 0. The van der Waals surface area contributed by atoms with Crippen LogP contribution in [0, 0.1) is 0 Å². The zero-order chi connectivity index (χ0) is 16.2. The minimum atomic E-state index is -1.32. The molecule has 0 aliphatic carbocycles. The molecule has 1 aliphatic heterocycles. The maximum atomic E-state index is 11.2. The van der Waals surface area contributed by atoms with Gasteiger partial charge in [0.05, 0.1) is 0 Å². The zero-order valence-corrected chi connectivity index (χ0v) is 13.4. The molecular weight excluding hydrogens is 352 g/mol. The Bertz CT molecular complexity index is 412. The molecule has 120 valence electrons. The first-order valence-electron chi connectivity index (χ1n) is 6.17. The first kappa shape index (κ1) is 17.9. The van der Waals surface area contributed by atoms with Crippen LogP contribution in [0.25, 0.3) is 0 Å². The highest BCUT2D eigenvalue weighted by Crippen LogP contribution is 2.30. The highest BCUT2D eigenvalue weighted by molar-refractivity contribution is 9.09. The normalized spacial score (nSPS) is 32.1. The molecule has 0 radical (unpaired) electrons. The molecule has 0 saturated carbocycles. The van der Waals surface area contributed by atoms with E-state index >= 15 is 0 Å². The van der Waals surface area contributed by atoms with Crippen LogP contribution in [0.2, 0.25) is 0 Å². The molecule has 0 spiro atoms. The van der Waals surface area contributed by atoms with E-state index in [0.29, 0.717) is 0 Å². The summed E-state index contributed by atoms with van der Waals surface area (Å²) in [6.07, 6.45) is -4.26. The summed E-state index contributed by atoms with van der Waals surface area (Å²) in [7, 11) is 0. The summed E-state index contributed by atoms with van der Waals surface area (Å²) in [4.78, 5) is 32.5. The number of rotatable bonds is 4. The molecule has 0 bridgehead atoms. The third-order valence-electron chi connectivity index (χ3n) is 2.65. The highest BCUT2D eigenvalue weighted by Gasteiger charge is 2.48. The third kappa shape index (κ3) is 5.25. The van der Waals surface area contributed by atoms with Crippen LogP contribution in [0.1, 0.15) is 20.8 Å². The average Bonchev–Trinajstić information content (AvgIpc) is 2.35. The quantitative estimate of drug-likeness (QED) is 0.416. The first-order chi connectivity index (χ1) is 9.72. The number of aliphatic hydroxyl groups excluding tert-OH is 1. The largest absolute Gasteiger partial charge is 0.463 e. The number of hydrogen-bond donors (Lipinski definition) is 1. The summed E-state index contributed by atoms with van der Waals surface area (Å²) < 4.78 is 20.2. The summed E-state index contributed by atoms with van der Waals surface area (Å²) in [6.45, 7) is 3.33. The monoisotopic (exact) mass is 368 g/mol. The predicted molar refractivity (Wildman–Crippen MR) is 71.3 cm³/mol. The summed E-state index contributed by atoms with van der Waals surface area (Å²) >= 11 is 3.14. The van der Waals surface area contributed by atoms with Gasteiger partial charge in [-0.25, -0.2) is 0 Å². The number of carbonyl (C=O) groups is 3. The van der Waals surface area contributed by atoms with Gasteiger partial charge in [-0.15, -0.1) is 0 Å². The lowest BCUT2D eigenvalue weighted by atomic mass is 10.0. The summed E-state index contributed by atoms with van der Waals surface area (Å²) in [5.74, 6) is -1.79. The number of esters is 3. The molecule has 1 rings (SSSR count). The fraction of sp³-hybridized carbons (Fsp3) is 0.750. The molecule has 1 N–H and O–H groups in total. The van der Waals surface area contributed by atoms with Gasteiger partial charge in [0, 0.05) is 20.8 Å². The Labute approximate surface area is 129 Å². The molecule has 9 heteroatoms. The average molecular weight is 369 g/mol. The number of aliphatic hydroxyl groups is 1. The number of hydrogen-bond acceptors (Lipinski definition) is 8. The van der Waals surface area contributed by atoms with E-state index in [1.54, 1.807) is 0 Å². The Morgan fingerprint density at radius 1 is 1.05 bits per heavy atom. The molecule has 1 saturated heterocycles. The number of halogens is 1. The number of alkyl halides is 1. The molecule has 0 unspecified atom stereocenters. The van der Waals surface area contributed by atoms with Crippen LogP contribution in [0.4, 0.5) is 0 Å². The highest BCUT2D eigenvalue weighted by atomic mass is 79.9. The van der Waals surface area contributed by atoms with Crippen molar-refractivity contribution in [2.45, 2.75) is 50.2 Å². The summed E-state index contributed by atoms with van der Waals surface area (Å²) in [5, 5.41) is 9.81. The van der Waals surface area contributed by atoms with Gasteiger partial charge in [-0.2, -0.15) is 0 Å². The van der Waals surface area contributed by atoms with Crippen molar-refractivity contribution in [1.29, 1.82) is 0 Å². The molecule has 0 aromatic carbocycles. The molecule has 21 heavy (non-hydrogen) atoms. The van der Waals surface area contributed by atoms with E-state index in [1.807, 2.05) is 0 Å². The van der Waals surface area contributed by atoms with E-state index in [9.17, 15) is 19.5 Å². The standard InChI is InChI=1S/C12H17BrO8/c1-5(14)18-4-8-10(19-6(2)15)11(20-7(3)16)9(13)12(17)21-8/h8-12,17H,4H2,1-3H3/t8-,9-,10-,11-,12-/m1/s1. The maximum absolute atomic E-state index is 11.2. The molecule has 1 fully saturated rings. The fourth-order valence-corrected chi connectivity index (χ4v) is 2.41. The van der Waals surface area contributed by atoms with E-state index in [2.05, 4.69) is 15.9 Å². The maximum Gasteiger partial charge on any atom is 0.303 e. The van der Waals surface area contributed by atoms with Crippen molar-refractivity contribution in [3.63, 3.8) is 0 Å². The molecule has 8 nitrogen and oxygen atoms in total. The molecule has 0 amide bonds. The summed E-state index contributed by atoms with van der Waals surface area (Å²) in [5.41, 5.74) is 0. The molecular formula is C12H17BrO8. The zero-order valence-electron chi connectivity index (χ0n) is 11.8. The lowest BCUT2D eigenvalue weighted by Gasteiger charge is -2.41. The molecule has 1 aliphatic rings. The Balaban J connectivity index is 2.94. The van der Waals surface area contributed by atoms with Gasteiger partial charge in [0.1, 0.15) is 17.5 Å². The van der Waals surface area contributed by atoms with Gasteiger partial charge in [0.2, 0.25) is 0 Å². The second-order valence-corrected chi connectivity index (χ2v) is 5.52. The third-order valence-corrected chi connectivity index (χ3v) is 3.62. The smallest absolute Gasteiger partial charge is 0.303 e. The van der Waals surface area contributed by atoms with Gasteiger partial charge in [0.25, 0.3) is 0 Å². The van der Waals surface area contributed by atoms with Gasteiger partial charge in [-0.05, 0) is 0 Å². The van der Waals surface area contributed by atoms with E-state index < -0.39 is 47.3 Å². The van der Waals surface area contributed by atoms with Crippen molar-refractivity contribution in [2.75, 3.05) is 6.61 Å². The second-order valence-electron chi connectivity index (χ2n) is 4.46. The minimum Gasteiger partial charge on any atom is -0.463 e. The minimum absolute atomic E-state index is 0.248. The topological polar surface area (TPSA) is 108 Å². The van der Waals surface area contributed by atoms with Crippen LogP contribution < -0.4 is 0 Å². The number of carbonyl (C=O) groups excluding carboxylic acids is 3. The van der Waals surface area contributed by atoms with Crippen molar-refractivity contribution < 1.29 is 38.4 Å². The van der Waals surface area contributed by atoms with Gasteiger partial charge < -0.3 is 24.1 Å². The van der Waals surface area contributed by atoms with E-state index in [1.165, 1.54) is 20.8 Å². The van der Waals surface area contributed by atoms with Crippen LogP contribution in [-0.2, 0) is 33.3 Å². The van der Waals surface area contributed by atoms with Crippen LogP contribution in [0.5, 0.6) is 0 Å². The first-order valence-corrected chi connectivity index (χ1v) is 7.09. The lowest BCUT2D eigenvalue weighted by Crippen LogP contribution is -2.59. The van der Waals surface area contributed by atoms with E-state index in [4.69, 9.17) is 18.9 Å². The van der Waals surface area contributed by atoms with Gasteiger partial charge >= 0.3 is 17.9 Å². The van der Waals surface area contributed by atoms with E-state index in [-0.39, 0.29) is 6.61 Å². The van der Waals surface area contributed by atoms with Gasteiger partial charge in [0.15, 0.2) is 18.5 Å². The van der Waals surface area contributed by atoms with Crippen LogP contribution >= 0.6 is 15.9 Å². The van der Waals surface area contributed by atoms with E-state index in [0.717, 1.165) is 0 Å². The molecule has 1 heterocycles. The van der Waals surface area contributed by atoms with Crippen LogP contribution in [0.15, 0.2) is 0 Å². The van der Waals surface area contributed by atoms with Crippen molar-refractivity contribution >= 4 is 33.8 Å². The molecule has 0 aromatic rings. The Hall–Kier alpha value is -1.19. The van der Waals surface area contributed by atoms with Gasteiger partial charge in [-0.1, -0.05) is 15.9 Å². The molecule has 0 aromatic heterocycles. The Kier molecular flexibility index (Phi) is 6.56. The SMILES string of the molecule is CC(=O)OC[C@H]1O[C@@H](O)[C@H](Br)[C@@H](OC(C)=O)[C@@H]1OC(C)=O. The van der Waals surface area contributed by atoms with Crippen LogP contribution in [0.3, 0.4) is 0 Å². The second kappa shape index (κ2) is 7.71. The Morgan fingerprint density at radius 2 is 1.57 bits per heavy atom. The van der Waals surface area contributed by atoms with Gasteiger partial charge in [-0.3, -0.25) is 14.4 Å². The molecule has 5 atom stereocenters. The fourth-order valence-electron chi connectivity index (χ4n) is 1.88. The van der Waals surface area contributed by atoms with Crippen molar-refractivity contribution in [1.82, 2.24) is 0 Å².